The van der Waals surface area contributed by atoms with Crippen LogP contribution < -0.4 is 10.2 Å². The summed E-state index contributed by atoms with van der Waals surface area (Å²) in [5.74, 6) is 0.597. The molecule has 7 nitrogen and oxygen atoms in total. The molecule has 1 saturated heterocycles. The molecule has 0 aromatic carbocycles. The van der Waals surface area contributed by atoms with Crippen molar-refractivity contribution in [2.24, 2.45) is 0 Å². The first kappa shape index (κ1) is 11.9. The van der Waals surface area contributed by atoms with Crippen LogP contribution in [0.25, 0.3) is 0 Å². The second kappa shape index (κ2) is 5.21. The molecule has 100 valence electrons. The first-order valence-electron chi connectivity index (χ1n) is 6.38. The predicted octanol–water partition coefficient (Wildman–Crippen LogP) is -0.481. The van der Waals surface area contributed by atoms with E-state index in [1.54, 1.807) is 0 Å². The molecular formula is C11H18N4O3. The minimum atomic E-state index is -0.0940. The first-order chi connectivity index (χ1) is 8.86. The molecule has 2 aliphatic rings. The summed E-state index contributed by atoms with van der Waals surface area (Å²) < 4.78 is 10.9. The van der Waals surface area contributed by atoms with Gasteiger partial charge < -0.3 is 24.5 Å². The van der Waals surface area contributed by atoms with Gasteiger partial charge in [-0.25, -0.2) is 0 Å². The monoisotopic (exact) mass is 254 g/mol. The highest BCUT2D eigenvalue weighted by atomic mass is 16.5. The van der Waals surface area contributed by atoms with Crippen LogP contribution in [0.4, 0.5) is 6.01 Å². The quantitative estimate of drug-likeness (QED) is 0.734. The molecule has 1 unspecified atom stereocenters. The average molecular weight is 254 g/mol. The van der Waals surface area contributed by atoms with Crippen molar-refractivity contribution < 1.29 is 14.3 Å². The maximum Gasteiger partial charge on any atom is 0.318 e. The van der Waals surface area contributed by atoms with Crippen molar-refractivity contribution in [1.29, 1.82) is 0 Å². The Labute approximate surface area is 105 Å². The Morgan fingerprint density at radius 3 is 3.06 bits per heavy atom. The van der Waals surface area contributed by atoms with Gasteiger partial charge in [-0.3, -0.25) is 0 Å². The highest BCUT2D eigenvalue weighted by Crippen LogP contribution is 2.21. The standard InChI is InChI=1S/C11H18N4O3/c16-6-9-7-17-4-3-15(9)11-14-13-10(18-11)5-12-8-1-2-8/h8-9,12,16H,1-7H2. The van der Waals surface area contributed by atoms with Crippen LogP contribution in [-0.2, 0) is 11.3 Å². The van der Waals surface area contributed by atoms with Gasteiger partial charge in [0.05, 0.1) is 32.4 Å². The number of ether oxygens (including phenoxy) is 1. The third-order valence-electron chi connectivity index (χ3n) is 3.26. The number of aromatic nitrogens is 2. The summed E-state index contributed by atoms with van der Waals surface area (Å²) in [6.07, 6.45) is 2.47. The highest BCUT2D eigenvalue weighted by Gasteiger charge is 2.27. The van der Waals surface area contributed by atoms with E-state index in [0.717, 1.165) is 0 Å². The molecule has 1 aromatic rings. The van der Waals surface area contributed by atoms with E-state index in [-0.39, 0.29) is 12.6 Å². The Morgan fingerprint density at radius 2 is 2.28 bits per heavy atom. The molecular weight excluding hydrogens is 236 g/mol. The molecule has 1 saturated carbocycles. The Hall–Kier alpha value is -1.18. The van der Waals surface area contributed by atoms with E-state index >= 15 is 0 Å². The van der Waals surface area contributed by atoms with Gasteiger partial charge in [-0.05, 0) is 12.8 Å². The summed E-state index contributed by atoms with van der Waals surface area (Å²) in [5.41, 5.74) is 0. The first-order valence-corrected chi connectivity index (χ1v) is 6.38. The maximum atomic E-state index is 9.29. The molecule has 1 aliphatic carbocycles. The second-order valence-electron chi connectivity index (χ2n) is 4.74. The number of aliphatic hydroxyl groups is 1. The second-order valence-corrected chi connectivity index (χ2v) is 4.74. The van der Waals surface area contributed by atoms with Crippen molar-refractivity contribution >= 4 is 6.01 Å². The van der Waals surface area contributed by atoms with E-state index in [2.05, 4.69) is 15.5 Å². The fraction of sp³-hybridized carbons (Fsp3) is 0.818. The topological polar surface area (TPSA) is 83.7 Å². The van der Waals surface area contributed by atoms with Crippen LogP contribution in [0.1, 0.15) is 18.7 Å². The number of nitrogens with zero attached hydrogens (tertiary/aromatic N) is 3. The molecule has 2 heterocycles. The summed E-state index contributed by atoms with van der Waals surface area (Å²) in [5, 5.41) is 20.7. The van der Waals surface area contributed by atoms with Gasteiger partial charge in [0.25, 0.3) is 0 Å². The summed E-state index contributed by atoms with van der Waals surface area (Å²) in [6, 6.07) is 1.00. The Kier molecular flexibility index (Phi) is 3.44. The normalized spacial score (nSPS) is 24.5. The van der Waals surface area contributed by atoms with E-state index in [0.29, 0.717) is 44.3 Å². The third kappa shape index (κ3) is 2.63. The van der Waals surface area contributed by atoms with Crippen molar-refractivity contribution in [3.05, 3.63) is 5.89 Å². The third-order valence-corrected chi connectivity index (χ3v) is 3.26. The summed E-state index contributed by atoms with van der Waals surface area (Å²) in [7, 11) is 0. The lowest BCUT2D eigenvalue weighted by atomic mass is 10.2. The average Bonchev–Trinajstić information content (AvgIpc) is 3.13. The van der Waals surface area contributed by atoms with Crippen molar-refractivity contribution in [3.63, 3.8) is 0 Å². The van der Waals surface area contributed by atoms with Crippen LogP contribution in [0.15, 0.2) is 4.42 Å². The van der Waals surface area contributed by atoms with Crippen LogP contribution in [0.5, 0.6) is 0 Å². The minimum Gasteiger partial charge on any atom is -0.407 e. The molecule has 18 heavy (non-hydrogen) atoms. The van der Waals surface area contributed by atoms with Gasteiger partial charge in [0.15, 0.2) is 0 Å². The molecule has 1 atom stereocenters. The molecule has 1 aliphatic heterocycles. The van der Waals surface area contributed by atoms with Crippen molar-refractivity contribution in [1.82, 2.24) is 15.5 Å². The van der Waals surface area contributed by atoms with Gasteiger partial charge in [0, 0.05) is 12.6 Å². The van der Waals surface area contributed by atoms with Crippen LogP contribution in [0.2, 0.25) is 0 Å². The molecule has 7 heteroatoms. The lowest BCUT2D eigenvalue weighted by molar-refractivity contribution is 0.0697. The Bertz CT molecular complexity index is 393. The number of rotatable bonds is 5. The zero-order valence-corrected chi connectivity index (χ0v) is 10.2. The number of nitrogens with one attached hydrogen (secondary N) is 1. The van der Waals surface area contributed by atoms with E-state index in [1.165, 1.54) is 12.8 Å². The van der Waals surface area contributed by atoms with Crippen molar-refractivity contribution in [2.45, 2.75) is 31.5 Å². The maximum absolute atomic E-state index is 9.29. The SMILES string of the molecule is OCC1COCCN1c1nnc(CNC2CC2)o1. The molecule has 1 aromatic heterocycles. The van der Waals surface area contributed by atoms with Crippen LogP contribution >= 0.6 is 0 Å². The number of anilines is 1. The predicted molar refractivity (Wildman–Crippen MR) is 63.2 cm³/mol. The van der Waals surface area contributed by atoms with E-state index < -0.39 is 0 Å². The molecule has 0 bridgehead atoms. The van der Waals surface area contributed by atoms with Crippen LogP contribution in [-0.4, -0.2) is 53.8 Å². The van der Waals surface area contributed by atoms with E-state index in [9.17, 15) is 5.11 Å². The summed E-state index contributed by atoms with van der Waals surface area (Å²) in [6.45, 7) is 2.43. The number of aliphatic hydroxyl groups excluding tert-OH is 1. The van der Waals surface area contributed by atoms with Gasteiger partial charge >= 0.3 is 6.01 Å². The van der Waals surface area contributed by atoms with Gasteiger partial charge in [-0.15, -0.1) is 5.10 Å². The Morgan fingerprint density at radius 1 is 1.39 bits per heavy atom. The fourth-order valence-corrected chi connectivity index (χ4v) is 2.01. The summed E-state index contributed by atoms with van der Waals surface area (Å²) in [4.78, 5) is 1.91. The number of hydrogen-bond acceptors (Lipinski definition) is 7. The van der Waals surface area contributed by atoms with E-state index in [1.807, 2.05) is 4.90 Å². The zero-order valence-electron chi connectivity index (χ0n) is 10.2. The van der Waals surface area contributed by atoms with Crippen LogP contribution in [0, 0.1) is 0 Å². The zero-order chi connectivity index (χ0) is 12.4. The molecule has 0 amide bonds. The largest absolute Gasteiger partial charge is 0.407 e. The minimum absolute atomic E-state index is 0.0258. The van der Waals surface area contributed by atoms with Gasteiger partial charge in [0.2, 0.25) is 5.89 Å². The smallest absolute Gasteiger partial charge is 0.318 e. The Balaban J connectivity index is 1.62. The highest BCUT2D eigenvalue weighted by molar-refractivity contribution is 5.27. The van der Waals surface area contributed by atoms with Gasteiger partial charge in [-0.1, -0.05) is 5.10 Å². The van der Waals surface area contributed by atoms with Crippen LogP contribution in [0.3, 0.4) is 0 Å². The number of morpholine rings is 1. The van der Waals surface area contributed by atoms with Gasteiger partial charge in [0.1, 0.15) is 0 Å². The molecule has 2 N–H and O–H groups in total. The molecule has 0 radical (unpaired) electrons. The van der Waals surface area contributed by atoms with E-state index in [4.69, 9.17) is 9.15 Å². The molecule has 2 fully saturated rings. The van der Waals surface area contributed by atoms with Crippen molar-refractivity contribution in [2.75, 3.05) is 31.3 Å². The molecule has 0 spiro atoms. The number of hydrogen-bond donors (Lipinski definition) is 2. The fourth-order valence-electron chi connectivity index (χ4n) is 2.01. The lowest BCUT2D eigenvalue weighted by Crippen LogP contribution is -2.47. The van der Waals surface area contributed by atoms with Gasteiger partial charge in [-0.2, -0.15) is 0 Å². The summed E-state index contributed by atoms with van der Waals surface area (Å²) >= 11 is 0. The lowest BCUT2D eigenvalue weighted by Gasteiger charge is -2.32. The van der Waals surface area contributed by atoms with Crippen molar-refractivity contribution in [3.8, 4) is 0 Å². The molecule has 3 rings (SSSR count).